The first-order valence-electron chi connectivity index (χ1n) is 3.02. The number of aromatic nitrogens is 1. The Morgan fingerprint density at radius 2 is 2.23 bits per heavy atom. The van der Waals surface area contributed by atoms with Gasteiger partial charge in [-0.1, -0.05) is 6.20 Å². The molecule has 0 aromatic carbocycles. The van der Waals surface area contributed by atoms with Crippen LogP contribution in [-0.4, -0.2) is 25.9 Å². The van der Waals surface area contributed by atoms with Crippen molar-refractivity contribution < 1.29 is 36.5 Å². The second kappa shape index (κ2) is 4.60. The molecule has 0 aliphatic rings. The van der Waals surface area contributed by atoms with E-state index >= 15 is 0 Å². The van der Waals surface area contributed by atoms with Crippen LogP contribution in [0, 0.1) is 0 Å². The molecular formula is C6H6LiNO4S. The number of rotatable bonds is 3. The van der Waals surface area contributed by atoms with E-state index in [9.17, 15) is 13.2 Å². The Bertz CT molecular complexity index is 383. The minimum Gasteiger partial charge on any atom is -0.477 e. The minimum atomic E-state index is -3.16. The number of nitrogens with zero attached hydrogens (tertiary/aromatic N) is 1. The van der Waals surface area contributed by atoms with Crippen LogP contribution in [0.2, 0.25) is 0 Å². The molecule has 0 amide bonds. The fraction of sp³-hybridized carbons (Fsp3) is 0.333. The van der Waals surface area contributed by atoms with Crippen LogP contribution in [0.15, 0.2) is 10.6 Å². The van der Waals surface area contributed by atoms with Gasteiger partial charge < -0.3 is 14.2 Å². The second-order valence-electron chi connectivity index (χ2n) is 2.29. The Balaban J connectivity index is 0.00000144. The Morgan fingerprint density at radius 3 is 2.62 bits per heavy atom. The van der Waals surface area contributed by atoms with Gasteiger partial charge in [0.2, 0.25) is 0 Å². The Hall–Kier alpha value is -0.573. The van der Waals surface area contributed by atoms with Crippen LogP contribution < -0.4 is 18.9 Å². The van der Waals surface area contributed by atoms with Crippen molar-refractivity contribution in [2.75, 3.05) is 6.26 Å². The summed E-state index contributed by atoms with van der Waals surface area (Å²) in [7, 11) is -3.16. The maximum absolute atomic E-state index is 10.7. The Morgan fingerprint density at radius 1 is 1.62 bits per heavy atom. The maximum Gasteiger partial charge on any atom is 1.00 e. The summed E-state index contributed by atoms with van der Waals surface area (Å²) in [6.07, 6.45) is 3.65. The van der Waals surface area contributed by atoms with Crippen molar-refractivity contribution in [1.82, 2.24) is 4.98 Å². The van der Waals surface area contributed by atoms with Crippen molar-refractivity contribution in [2.24, 2.45) is 0 Å². The first-order chi connectivity index (χ1) is 5.51. The van der Waals surface area contributed by atoms with Crippen LogP contribution in [0.3, 0.4) is 0 Å². The molecule has 0 unspecified atom stereocenters. The van der Waals surface area contributed by atoms with E-state index in [4.69, 9.17) is 4.42 Å². The minimum absolute atomic E-state index is 0. The van der Waals surface area contributed by atoms with Gasteiger partial charge in [-0.25, -0.2) is 8.42 Å². The predicted molar refractivity (Wildman–Crippen MR) is 39.8 cm³/mol. The van der Waals surface area contributed by atoms with Crippen LogP contribution in [0.25, 0.3) is 0 Å². The fourth-order valence-corrected chi connectivity index (χ4v) is 1.23. The van der Waals surface area contributed by atoms with E-state index in [-0.39, 0.29) is 36.3 Å². The van der Waals surface area contributed by atoms with Gasteiger partial charge in [-0.3, -0.25) is 0 Å². The summed E-state index contributed by atoms with van der Waals surface area (Å²) >= 11 is 0. The molecule has 0 spiro atoms. The molecule has 0 saturated carbocycles. The molecule has 0 fully saturated rings. The van der Waals surface area contributed by atoms with E-state index in [0.717, 1.165) is 12.5 Å². The maximum atomic E-state index is 10.7. The summed E-state index contributed by atoms with van der Waals surface area (Å²) < 4.78 is 26.1. The molecule has 13 heavy (non-hydrogen) atoms. The molecular weight excluding hydrogens is 189 g/mol. The monoisotopic (exact) mass is 195 g/mol. The van der Waals surface area contributed by atoms with E-state index in [0.29, 0.717) is 0 Å². The molecule has 0 bridgehead atoms. The molecule has 1 aromatic rings. The fourth-order valence-electron chi connectivity index (χ4n) is 0.648. The SMILES string of the molecule is CS(=O)(=O)Cc1ncc([C-]=O)o1.[Li+]. The first-order valence-corrected chi connectivity index (χ1v) is 5.08. The van der Waals surface area contributed by atoms with Gasteiger partial charge >= 0.3 is 18.9 Å². The third-order valence-corrected chi connectivity index (χ3v) is 1.81. The van der Waals surface area contributed by atoms with Crippen molar-refractivity contribution in [3.05, 3.63) is 17.8 Å². The van der Waals surface area contributed by atoms with E-state index < -0.39 is 9.84 Å². The summed E-state index contributed by atoms with van der Waals surface area (Å²) in [6.45, 7) is 0. The van der Waals surface area contributed by atoms with Gasteiger partial charge in [0.1, 0.15) is 5.75 Å². The number of oxazole rings is 1. The normalized spacial score (nSPS) is 10.5. The largest absolute Gasteiger partial charge is 1.00 e. The average molecular weight is 195 g/mol. The van der Waals surface area contributed by atoms with Crippen molar-refractivity contribution in [1.29, 1.82) is 0 Å². The van der Waals surface area contributed by atoms with Gasteiger partial charge in [-0.05, 0) is 0 Å². The van der Waals surface area contributed by atoms with Crippen LogP contribution >= 0.6 is 0 Å². The van der Waals surface area contributed by atoms with Gasteiger partial charge in [0.05, 0.1) is 0 Å². The molecule has 0 aliphatic heterocycles. The zero-order valence-electron chi connectivity index (χ0n) is 7.27. The topological polar surface area (TPSA) is 77.2 Å². The van der Waals surface area contributed by atoms with Crippen molar-refractivity contribution in [2.45, 2.75) is 5.75 Å². The van der Waals surface area contributed by atoms with Crippen molar-refractivity contribution >= 4 is 16.1 Å². The molecule has 1 aromatic heterocycles. The summed E-state index contributed by atoms with van der Waals surface area (Å²) in [5, 5.41) is 0. The average Bonchev–Trinajstić information content (AvgIpc) is 2.32. The molecule has 1 rings (SSSR count). The van der Waals surface area contributed by atoms with Crippen LogP contribution in [0.4, 0.5) is 0 Å². The number of hydrogen-bond donors (Lipinski definition) is 0. The molecule has 0 atom stereocenters. The summed E-state index contributed by atoms with van der Waals surface area (Å²) in [5.41, 5.74) is 0. The number of sulfone groups is 1. The van der Waals surface area contributed by atoms with Gasteiger partial charge in [0.15, 0.2) is 15.7 Å². The molecule has 66 valence electrons. The quantitative estimate of drug-likeness (QED) is 0.372. The summed E-state index contributed by atoms with van der Waals surface area (Å²) in [4.78, 5) is 13.5. The molecule has 0 saturated heterocycles. The smallest absolute Gasteiger partial charge is 0.477 e. The molecule has 0 radical (unpaired) electrons. The first kappa shape index (κ1) is 12.4. The van der Waals surface area contributed by atoms with Crippen LogP contribution in [0.1, 0.15) is 11.7 Å². The van der Waals surface area contributed by atoms with E-state index in [1.807, 2.05) is 0 Å². The van der Waals surface area contributed by atoms with Gasteiger partial charge in [-0.2, -0.15) is 0 Å². The van der Waals surface area contributed by atoms with Crippen molar-refractivity contribution in [3.63, 3.8) is 0 Å². The zero-order valence-corrected chi connectivity index (χ0v) is 8.09. The van der Waals surface area contributed by atoms with Gasteiger partial charge in [0.25, 0.3) is 0 Å². The van der Waals surface area contributed by atoms with Crippen molar-refractivity contribution in [3.8, 4) is 0 Å². The molecule has 0 aliphatic carbocycles. The van der Waals surface area contributed by atoms with Gasteiger partial charge in [0, 0.05) is 18.3 Å². The number of hydrogen-bond acceptors (Lipinski definition) is 5. The predicted octanol–water partition coefficient (Wildman–Crippen LogP) is -3.32. The molecule has 5 nitrogen and oxygen atoms in total. The van der Waals surface area contributed by atoms with E-state index in [1.54, 1.807) is 0 Å². The zero-order chi connectivity index (χ0) is 9.19. The summed E-state index contributed by atoms with van der Waals surface area (Å²) in [5.74, 6) is -0.376. The Labute approximate surface area is 87.6 Å². The van der Waals surface area contributed by atoms with Crippen LogP contribution in [-0.2, 0) is 20.4 Å². The van der Waals surface area contributed by atoms with E-state index in [1.165, 1.54) is 6.29 Å². The standard InChI is InChI=1S/C6H6NO4S.Li/c1-12(9,10)4-6-7-2-5(3-8)11-6;/h2H,4H2,1H3;/q-1;+1. The molecule has 7 heteroatoms. The second-order valence-corrected chi connectivity index (χ2v) is 4.43. The third kappa shape index (κ3) is 4.27. The summed E-state index contributed by atoms with van der Waals surface area (Å²) in [6, 6.07) is 0. The third-order valence-electron chi connectivity index (χ3n) is 1.04. The number of carbonyl (C=O) groups excluding carboxylic acids is 1. The van der Waals surface area contributed by atoms with E-state index in [2.05, 4.69) is 4.98 Å². The van der Waals surface area contributed by atoms with Crippen LogP contribution in [0.5, 0.6) is 0 Å². The molecule has 0 N–H and O–H groups in total. The molecule has 1 heterocycles. The van der Waals surface area contributed by atoms with Gasteiger partial charge in [-0.15, -0.1) is 0 Å². The Kier molecular flexibility index (Phi) is 4.40.